The molecule has 1 N–H and O–H groups in total. The molecular formula is C17H24N2O2S. The summed E-state index contributed by atoms with van der Waals surface area (Å²) in [5.41, 5.74) is 2.65. The lowest BCUT2D eigenvalue weighted by Crippen LogP contribution is -2.34. The number of hydrogen-bond donors (Lipinski definition) is 1. The van der Waals surface area contributed by atoms with Crippen molar-refractivity contribution in [3.05, 3.63) is 35.4 Å². The van der Waals surface area contributed by atoms with Gasteiger partial charge >= 0.3 is 0 Å². The minimum absolute atomic E-state index is 0.0146. The number of nitrogens with one attached hydrogen (secondary N) is 1. The van der Waals surface area contributed by atoms with E-state index in [9.17, 15) is 9.59 Å². The van der Waals surface area contributed by atoms with E-state index in [0.717, 1.165) is 11.5 Å². The predicted octanol–water partition coefficient (Wildman–Crippen LogP) is 2.21. The largest absolute Gasteiger partial charge is 0.355 e. The van der Waals surface area contributed by atoms with Gasteiger partial charge in [-0.3, -0.25) is 9.59 Å². The van der Waals surface area contributed by atoms with Gasteiger partial charge in [0.05, 0.1) is 5.92 Å². The van der Waals surface area contributed by atoms with Crippen LogP contribution in [0.1, 0.15) is 24.5 Å². The number of likely N-dealkylation sites (tertiary alicyclic amines) is 1. The zero-order valence-corrected chi connectivity index (χ0v) is 14.1. The van der Waals surface area contributed by atoms with Crippen LogP contribution < -0.4 is 5.32 Å². The molecule has 1 aromatic rings. The molecule has 1 fully saturated rings. The van der Waals surface area contributed by atoms with Gasteiger partial charge in [-0.05, 0) is 25.0 Å². The lowest BCUT2D eigenvalue weighted by Gasteiger charge is -2.13. The Morgan fingerprint density at radius 3 is 2.86 bits per heavy atom. The third-order valence-electron chi connectivity index (χ3n) is 4.03. The van der Waals surface area contributed by atoms with Crippen molar-refractivity contribution in [2.24, 2.45) is 5.92 Å². The molecule has 1 saturated heterocycles. The molecular weight excluding hydrogens is 296 g/mol. The maximum Gasteiger partial charge on any atom is 0.225 e. The lowest BCUT2D eigenvalue weighted by atomic mass is 10.1. The van der Waals surface area contributed by atoms with Crippen LogP contribution >= 0.6 is 11.8 Å². The van der Waals surface area contributed by atoms with E-state index < -0.39 is 0 Å². The van der Waals surface area contributed by atoms with Crippen LogP contribution in [0.2, 0.25) is 0 Å². The molecule has 1 aliphatic heterocycles. The third-order valence-corrected chi connectivity index (χ3v) is 5.04. The van der Waals surface area contributed by atoms with Gasteiger partial charge in [0.15, 0.2) is 0 Å². The zero-order chi connectivity index (χ0) is 15.9. The Morgan fingerprint density at radius 1 is 1.41 bits per heavy atom. The molecule has 0 aliphatic carbocycles. The Morgan fingerprint density at radius 2 is 2.18 bits per heavy atom. The second kappa shape index (κ2) is 8.22. The SMILES string of the molecule is CCN1C[C@@H](C(=O)NCCSCc2ccccc2C)CC1=O. The van der Waals surface area contributed by atoms with Crippen LogP contribution in [-0.2, 0) is 15.3 Å². The highest BCUT2D eigenvalue weighted by Crippen LogP contribution is 2.18. The molecule has 0 bridgehead atoms. The summed E-state index contributed by atoms with van der Waals surface area (Å²) in [6, 6.07) is 8.37. The van der Waals surface area contributed by atoms with Crippen molar-refractivity contribution in [2.45, 2.75) is 26.0 Å². The number of nitrogens with zero attached hydrogens (tertiary/aromatic N) is 1. The van der Waals surface area contributed by atoms with Gasteiger partial charge in [0.1, 0.15) is 0 Å². The van der Waals surface area contributed by atoms with Crippen LogP contribution in [0.25, 0.3) is 0 Å². The van der Waals surface area contributed by atoms with Crippen molar-refractivity contribution in [1.82, 2.24) is 10.2 Å². The summed E-state index contributed by atoms with van der Waals surface area (Å²) in [6.07, 6.45) is 0.357. The van der Waals surface area contributed by atoms with Crippen LogP contribution in [0, 0.1) is 12.8 Å². The molecule has 2 amide bonds. The van der Waals surface area contributed by atoms with Crippen molar-refractivity contribution in [1.29, 1.82) is 0 Å². The highest BCUT2D eigenvalue weighted by atomic mass is 32.2. The molecule has 0 unspecified atom stereocenters. The van der Waals surface area contributed by atoms with Gasteiger partial charge < -0.3 is 10.2 Å². The average Bonchev–Trinajstić information content (AvgIpc) is 2.89. The molecule has 0 saturated carbocycles. The Labute approximate surface area is 136 Å². The van der Waals surface area contributed by atoms with E-state index in [2.05, 4.69) is 30.4 Å². The number of carbonyl (C=O) groups is 2. The fourth-order valence-electron chi connectivity index (χ4n) is 2.60. The Hall–Kier alpha value is -1.49. The minimum Gasteiger partial charge on any atom is -0.355 e. The molecule has 120 valence electrons. The van der Waals surface area contributed by atoms with E-state index in [-0.39, 0.29) is 17.7 Å². The van der Waals surface area contributed by atoms with Gasteiger partial charge in [0.25, 0.3) is 0 Å². The highest BCUT2D eigenvalue weighted by molar-refractivity contribution is 7.98. The predicted molar refractivity (Wildman–Crippen MR) is 90.7 cm³/mol. The molecule has 4 nitrogen and oxygen atoms in total. The summed E-state index contributed by atoms with van der Waals surface area (Å²) in [5.74, 6) is 1.79. The van der Waals surface area contributed by atoms with E-state index in [1.54, 1.807) is 4.90 Å². The first-order chi connectivity index (χ1) is 10.6. The monoisotopic (exact) mass is 320 g/mol. The summed E-state index contributed by atoms with van der Waals surface area (Å²) in [4.78, 5) is 25.4. The van der Waals surface area contributed by atoms with E-state index in [0.29, 0.717) is 26.1 Å². The quantitative estimate of drug-likeness (QED) is 0.784. The van der Waals surface area contributed by atoms with Crippen molar-refractivity contribution >= 4 is 23.6 Å². The maximum absolute atomic E-state index is 12.0. The molecule has 1 aromatic carbocycles. The lowest BCUT2D eigenvalue weighted by molar-refractivity contribution is -0.128. The van der Waals surface area contributed by atoms with Crippen molar-refractivity contribution in [2.75, 3.05) is 25.4 Å². The van der Waals surface area contributed by atoms with Crippen molar-refractivity contribution in [3.8, 4) is 0 Å². The zero-order valence-electron chi connectivity index (χ0n) is 13.3. The number of aryl methyl sites for hydroxylation is 1. The van der Waals surface area contributed by atoms with E-state index >= 15 is 0 Å². The van der Waals surface area contributed by atoms with Gasteiger partial charge in [-0.2, -0.15) is 11.8 Å². The van der Waals surface area contributed by atoms with Crippen LogP contribution in [0.15, 0.2) is 24.3 Å². The Bertz CT molecular complexity index is 533. The summed E-state index contributed by atoms with van der Waals surface area (Å²) >= 11 is 1.82. The van der Waals surface area contributed by atoms with Crippen molar-refractivity contribution in [3.63, 3.8) is 0 Å². The molecule has 0 spiro atoms. The summed E-state index contributed by atoms with van der Waals surface area (Å²) < 4.78 is 0. The van der Waals surface area contributed by atoms with Gasteiger partial charge in [0, 0.05) is 37.6 Å². The third kappa shape index (κ3) is 4.50. The Kier molecular flexibility index (Phi) is 6.31. The van der Waals surface area contributed by atoms with Crippen molar-refractivity contribution < 1.29 is 9.59 Å². The highest BCUT2D eigenvalue weighted by Gasteiger charge is 2.32. The van der Waals surface area contributed by atoms with Crippen LogP contribution in [0.3, 0.4) is 0 Å². The number of amides is 2. The molecule has 2 rings (SSSR count). The normalized spacial score (nSPS) is 17.8. The molecule has 0 radical (unpaired) electrons. The maximum atomic E-state index is 12.0. The standard InChI is InChI=1S/C17H24N2O2S/c1-3-19-11-15(10-16(19)20)17(21)18-8-9-22-12-14-7-5-4-6-13(14)2/h4-7,15H,3,8-12H2,1-2H3,(H,18,21)/t15-/m0/s1. The summed E-state index contributed by atoms with van der Waals surface area (Å²) in [5, 5.41) is 2.95. The topological polar surface area (TPSA) is 49.4 Å². The van der Waals surface area contributed by atoms with Gasteiger partial charge in [-0.15, -0.1) is 0 Å². The second-order valence-electron chi connectivity index (χ2n) is 5.60. The molecule has 22 heavy (non-hydrogen) atoms. The van der Waals surface area contributed by atoms with Gasteiger partial charge in [0.2, 0.25) is 11.8 Å². The number of rotatable bonds is 7. The van der Waals surface area contributed by atoms with Gasteiger partial charge in [-0.1, -0.05) is 24.3 Å². The van der Waals surface area contributed by atoms with E-state index in [1.807, 2.05) is 24.8 Å². The molecule has 1 atom stereocenters. The van der Waals surface area contributed by atoms with Crippen LogP contribution in [0.4, 0.5) is 0 Å². The Balaban J connectivity index is 1.64. The first-order valence-corrected chi connectivity index (χ1v) is 8.95. The number of thioether (sulfide) groups is 1. The van der Waals surface area contributed by atoms with E-state index in [1.165, 1.54) is 11.1 Å². The van der Waals surface area contributed by atoms with E-state index in [4.69, 9.17) is 0 Å². The second-order valence-corrected chi connectivity index (χ2v) is 6.71. The van der Waals surface area contributed by atoms with Crippen LogP contribution in [0.5, 0.6) is 0 Å². The molecule has 1 heterocycles. The van der Waals surface area contributed by atoms with Crippen LogP contribution in [-0.4, -0.2) is 42.1 Å². The fraction of sp³-hybridized carbons (Fsp3) is 0.529. The minimum atomic E-state index is -0.172. The average molecular weight is 320 g/mol. The number of benzene rings is 1. The molecule has 1 aliphatic rings. The first kappa shape index (κ1) is 16.9. The number of hydrogen-bond acceptors (Lipinski definition) is 3. The number of carbonyl (C=O) groups excluding carboxylic acids is 2. The molecule has 5 heteroatoms. The van der Waals surface area contributed by atoms with Gasteiger partial charge in [-0.25, -0.2) is 0 Å². The molecule has 0 aromatic heterocycles. The smallest absolute Gasteiger partial charge is 0.225 e. The fourth-order valence-corrected chi connectivity index (χ4v) is 3.53. The first-order valence-electron chi connectivity index (χ1n) is 7.79. The summed E-state index contributed by atoms with van der Waals surface area (Å²) in [7, 11) is 0. The summed E-state index contributed by atoms with van der Waals surface area (Å²) in [6.45, 7) is 5.98.